The molecular formula is C25H25N3O3S. The van der Waals surface area contributed by atoms with Crippen molar-refractivity contribution in [2.75, 3.05) is 18.1 Å². The van der Waals surface area contributed by atoms with Crippen molar-refractivity contribution in [2.24, 2.45) is 0 Å². The molecular weight excluding hydrogens is 422 g/mol. The molecule has 0 saturated heterocycles. The van der Waals surface area contributed by atoms with Crippen LogP contribution in [0.1, 0.15) is 32.1 Å². The molecule has 0 atom stereocenters. The quantitative estimate of drug-likeness (QED) is 0.618. The van der Waals surface area contributed by atoms with Crippen LogP contribution in [0.15, 0.2) is 53.9 Å². The molecule has 1 fully saturated rings. The molecule has 1 aliphatic carbocycles. The van der Waals surface area contributed by atoms with Crippen LogP contribution in [-0.2, 0) is 9.59 Å². The number of amides is 2. The minimum Gasteiger partial charge on any atom is -0.482 e. The van der Waals surface area contributed by atoms with Gasteiger partial charge in [0.1, 0.15) is 17.3 Å². The summed E-state index contributed by atoms with van der Waals surface area (Å²) in [6.07, 6.45) is 5.54. The van der Waals surface area contributed by atoms with Crippen molar-refractivity contribution in [3.8, 4) is 27.6 Å². The van der Waals surface area contributed by atoms with Gasteiger partial charge in [-0.15, -0.1) is 11.3 Å². The molecule has 0 unspecified atom stereocenters. The number of nitrogens with one attached hydrogen (secondary N) is 1. The molecule has 0 bridgehead atoms. The monoisotopic (exact) mass is 447 g/mol. The Morgan fingerprint density at radius 3 is 2.72 bits per heavy atom. The highest BCUT2D eigenvalue weighted by atomic mass is 32.1. The fourth-order valence-electron chi connectivity index (χ4n) is 4.32. The van der Waals surface area contributed by atoms with Gasteiger partial charge >= 0.3 is 0 Å². The summed E-state index contributed by atoms with van der Waals surface area (Å²) in [5.74, 6) is 0.276. The average Bonchev–Trinajstić information content (AvgIpc) is 3.32. The summed E-state index contributed by atoms with van der Waals surface area (Å²) in [4.78, 5) is 31.6. The van der Waals surface area contributed by atoms with E-state index in [9.17, 15) is 9.59 Å². The zero-order chi connectivity index (χ0) is 21.9. The molecule has 0 radical (unpaired) electrons. The summed E-state index contributed by atoms with van der Waals surface area (Å²) in [7, 11) is 0. The zero-order valence-corrected chi connectivity index (χ0v) is 18.6. The standard InChI is InChI=1S/C25H25N3O3S/c29-23(26-19-9-5-2-6-10-19)14-28-21-13-18(11-12-22(21)31-15-24(28)30)20-16-32-25(27-20)17-7-3-1-4-8-17/h1,3-4,7-8,11-13,16,19H,2,5-6,9-10,14-15H2,(H,26,29). The molecule has 1 aliphatic heterocycles. The summed E-state index contributed by atoms with van der Waals surface area (Å²) in [5.41, 5.74) is 3.41. The fourth-order valence-corrected chi connectivity index (χ4v) is 5.15. The molecule has 1 saturated carbocycles. The number of aromatic nitrogens is 1. The largest absolute Gasteiger partial charge is 0.482 e. The fraction of sp³-hybridized carbons (Fsp3) is 0.320. The van der Waals surface area contributed by atoms with Crippen molar-refractivity contribution in [3.63, 3.8) is 0 Å². The van der Waals surface area contributed by atoms with Crippen LogP contribution in [0.2, 0.25) is 0 Å². The lowest BCUT2D eigenvalue weighted by atomic mass is 9.95. The summed E-state index contributed by atoms with van der Waals surface area (Å²) in [6.45, 7) is -0.0562. The maximum Gasteiger partial charge on any atom is 0.265 e. The number of anilines is 1. The van der Waals surface area contributed by atoms with E-state index in [-0.39, 0.29) is 31.0 Å². The Morgan fingerprint density at radius 2 is 1.91 bits per heavy atom. The average molecular weight is 448 g/mol. The summed E-state index contributed by atoms with van der Waals surface area (Å²) < 4.78 is 5.62. The van der Waals surface area contributed by atoms with Gasteiger partial charge in [0.25, 0.3) is 5.91 Å². The van der Waals surface area contributed by atoms with E-state index in [1.165, 1.54) is 11.3 Å². The highest BCUT2D eigenvalue weighted by Crippen LogP contribution is 2.37. The van der Waals surface area contributed by atoms with Gasteiger partial charge in [-0.2, -0.15) is 0 Å². The molecule has 3 aromatic rings. The van der Waals surface area contributed by atoms with Crippen LogP contribution in [0.3, 0.4) is 0 Å². The van der Waals surface area contributed by atoms with E-state index in [0.29, 0.717) is 11.4 Å². The van der Waals surface area contributed by atoms with E-state index in [0.717, 1.165) is 47.5 Å². The predicted molar refractivity (Wildman–Crippen MR) is 126 cm³/mol. The van der Waals surface area contributed by atoms with Gasteiger partial charge < -0.3 is 10.1 Å². The lowest BCUT2D eigenvalue weighted by molar-refractivity contribution is -0.125. The minimum absolute atomic E-state index is 0.00147. The lowest BCUT2D eigenvalue weighted by Crippen LogP contribution is -2.47. The van der Waals surface area contributed by atoms with Crippen LogP contribution in [0, 0.1) is 0 Å². The number of ether oxygens (including phenoxy) is 1. The number of rotatable bonds is 5. The van der Waals surface area contributed by atoms with E-state index in [2.05, 4.69) is 5.32 Å². The number of carbonyl (C=O) groups is 2. The van der Waals surface area contributed by atoms with Crippen molar-refractivity contribution in [3.05, 3.63) is 53.9 Å². The summed E-state index contributed by atoms with van der Waals surface area (Å²) in [5, 5.41) is 6.05. The van der Waals surface area contributed by atoms with Crippen LogP contribution in [0.5, 0.6) is 5.75 Å². The number of hydrogen-bond acceptors (Lipinski definition) is 5. The number of carbonyl (C=O) groups excluding carboxylic acids is 2. The van der Waals surface area contributed by atoms with Gasteiger partial charge in [0.05, 0.1) is 11.4 Å². The van der Waals surface area contributed by atoms with Crippen LogP contribution in [-0.4, -0.2) is 36.0 Å². The molecule has 5 rings (SSSR count). The van der Waals surface area contributed by atoms with Crippen molar-refractivity contribution >= 4 is 28.8 Å². The molecule has 7 heteroatoms. The number of benzene rings is 2. The molecule has 2 aliphatic rings. The SMILES string of the molecule is O=C(CN1C(=O)COc2ccc(-c3csc(-c4ccccc4)n3)cc21)NC1CCCCC1. The Balaban J connectivity index is 1.37. The van der Waals surface area contributed by atoms with Gasteiger partial charge in [-0.3, -0.25) is 14.5 Å². The molecule has 2 aromatic carbocycles. The van der Waals surface area contributed by atoms with Gasteiger partial charge in [0.2, 0.25) is 5.91 Å². The first-order valence-electron chi connectivity index (χ1n) is 11.1. The van der Waals surface area contributed by atoms with Crippen molar-refractivity contribution in [1.29, 1.82) is 0 Å². The predicted octanol–water partition coefficient (Wildman–Crippen LogP) is 4.65. The number of fused-ring (bicyclic) bond motifs is 1. The summed E-state index contributed by atoms with van der Waals surface area (Å²) >= 11 is 1.58. The van der Waals surface area contributed by atoms with Crippen LogP contribution >= 0.6 is 11.3 Å². The van der Waals surface area contributed by atoms with E-state index in [1.807, 2.05) is 53.9 Å². The van der Waals surface area contributed by atoms with Gasteiger partial charge in [0.15, 0.2) is 6.61 Å². The molecule has 1 N–H and O–H groups in total. The van der Waals surface area contributed by atoms with Gasteiger partial charge in [-0.25, -0.2) is 4.98 Å². The van der Waals surface area contributed by atoms with Crippen molar-refractivity contribution in [1.82, 2.24) is 10.3 Å². The second-order valence-electron chi connectivity index (χ2n) is 8.26. The first kappa shape index (κ1) is 20.7. The molecule has 0 spiro atoms. The zero-order valence-electron chi connectivity index (χ0n) is 17.8. The maximum absolute atomic E-state index is 12.7. The Labute approximate surface area is 191 Å². The highest BCUT2D eigenvalue weighted by molar-refractivity contribution is 7.13. The molecule has 1 aromatic heterocycles. The molecule has 2 heterocycles. The number of nitrogens with zero attached hydrogens (tertiary/aromatic N) is 2. The third-order valence-corrected chi connectivity index (χ3v) is 6.89. The summed E-state index contributed by atoms with van der Waals surface area (Å²) in [6, 6.07) is 15.9. The van der Waals surface area contributed by atoms with E-state index >= 15 is 0 Å². The minimum atomic E-state index is -0.211. The van der Waals surface area contributed by atoms with E-state index < -0.39 is 0 Å². The second-order valence-corrected chi connectivity index (χ2v) is 9.12. The van der Waals surface area contributed by atoms with Crippen LogP contribution < -0.4 is 15.0 Å². The number of hydrogen-bond donors (Lipinski definition) is 1. The topological polar surface area (TPSA) is 71.5 Å². The number of thiazole rings is 1. The second kappa shape index (κ2) is 9.12. The first-order chi connectivity index (χ1) is 15.7. The van der Waals surface area contributed by atoms with Crippen LogP contribution in [0.4, 0.5) is 5.69 Å². The molecule has 2 amide bonds. The normalized spacial score (nSPS) is 16.4. The maximum atomic E-state index is 12.7. The van der Waals surface area contributed by atoms with Crippen LogP contribution in [0.25, 0.3) is 21.8 Å². The third kappa shape index (κ3) is 4.39. The Bertz CT molecular complexity index is 1120. The Morgan fingerprint density at radius 1 is 1.09 bits per heavy atom. The Hall–Kier alpha value is -3.19. The lowest BCUT2D eigenvalue weighted by Gasteiger charge is -2.30. The highest BCUT2D eigenvalue weighted by Gasteiger charge is 2.29. The van der Waals surface area contributed by atoms with E-state index in [1.54, 1.807) is 11.3 Å². The van der Waals surface area contributed by atoms with Crippen molar-refractivity contribution < 1.29 is 14.3 Å². The van der Waals surface area contributed by atoms with E-state index in [4.69, 9.17) is 9.72 Å². The van der Waals surface area contributed by atoms with Crippen molar-refractivity contribution in [2.45, 2.75) is 38.1 Å². The van der Waals surface area contributed by atoms with Gasteiger partial charge in [-0.1, -0.05) is 49.6 Å². The first-order valence-corrected chi connectivity index (χ1v) is 11.9. The molecule has 164 valence electrons. The molecule has 6 nitrogen and oxygen atoms in total. The van der Waals surface area contributed by atoms with Gasteiger partial charge in [0, 0.05) is 22.5 Å². The smallest absolute Gasteiger partial charge is 0.265 e. The molecule has 32 heavy (non-hydrogen) atoms. The Kier molecular flexibility index (Phi) is 5.90. The third-order valence-electron chi connectivity index (χ3n) is 5.99. The van der Waals surface area contributed by atoms with Gasteiger partial charge in [-0.05, 0) is 31.0 Å².